The Balaban J connectivity index is 1.35. The Morgan fingerprint density at radius 3 is 2.71 bits per heavy atom. The van der Waals surface area contributed by atoms with Gasteiger partial charge in [-0.15, -0.1) is 0 Å². The number of rotatable bonds is 2. The molecule has 3 saturated heterocycles. The molecule has 4 rings (SSSR count). The summed E-state index contributed by atoms with van der Waals surface area (Å²) in [5, 5.41) is 0. The standard InChI is InChI=1S/C19H25BrN2O2/c1-14-9-15(5-6-17(14)20)18(23)22-12-19(13-22)10-16(11-24-19)21-7-3-2-4-8-21/h5-6,9,16H,2-4,7-8,10-13H2,1H3. The van der Waals surface area contributed by atoms with Crippen LogP contribution in [0.25, 0.3) is 0 Å². The lowest BCUT2D eigenvalue weighted by atomic mass is 9.88. The quantitative estimate of drug-likeness (QED) is 0.774. The second kappa shape index (κ2) is 6.43. The highest BCUT2D eigenvalue weighted by Crippen LogP contribution is 2.38. The Kier molecular flexibility index (Phi) is 4.43. The maximum atomic E-state index is 12.7. The number of hydrogen-bond acceptors (Lipinski definition) is 3. The van der Waals surface area contributed by atoms with E-state index in [1.54, 1.807) is 0 Å². The van der Waals surface area contributed by atoms with Gasteiger partial charge >= 0.3 is 0 Å². The minimum Gasteiger partial charge on any atom is -0.370 e. The third kappa shape index (κ3) is 3.02. The number of amides is 1. The molecule has 1 aromatic carbocycles. The van der Waals surface area contributed by atoms with Crippen LogP contribution in [0.5, 0.6) is 0 Å². The molecule has 130 valence electrons. The van der Waals surface area contributed by atoms with Crippen molar-refractivity contribution in [3.05, 3.63) is 33.8 Å². The predicted octanol–water partition coefficient (Wildman–Crippen LogP) is 3.23. The minimum absolute atomic E-state index is 0.0812. The van der Waals surface area contributed by atoms with Gasteiger partial charge in [0.2, 0.25) is 0 Å². The van der Waals surface area contributed by atoms with Crippen LogP contribution in [0, 0.1) is 6.92 Å². The predicted molar refractivity (Wildman–Crippen MR) is 97.3 cm³/mol. The molecule has 0 saturated carbocycles. The summed E-state index contributed by atoms with van der Waals surface area (Å²) in [6, 6.07) is 6.37. The van der Waals surface area contributed by atoms with E-state index in [1.165, 1.54) is 32.4 Å². The SMILES string of the molecule is Cc1cc(C(=O)N2CC3(CC(N4CCCCC4)CO3)C2)ccc1Br. The molecule has 0 aromatic heterocycles. The van der Waals surface area contributed by atoms with E-state index in [4.69, 9.17) is 4.74 Å². The van der Waals surface area contributed by atoms with Crippen LogP contribution < -0.4 is 0 Å². The van der Waals surface area contributed by atoms with Crippen LogP contribution in [-0.4, -0.2) is 60.1 Å². The van der Waals surface area contributed by atoms with Crippen LogP contribution in [0.4, 0.5) is 0 Å². The summed E-state index contributed by atoms with van der Waals surface area (Å²) in [6.07, 6.45) is 5.08. The van der Waals surface area contributed by atoms with E-state index in [-0.39, 0.29) is 11.5 Å². The molecule has 3 aliphatic rings. The molecule has 3 heterocycles. The van der Waals surface area contributed by atoms with Crippen molar-refractivity contribution < 1.29 is 9.53 Å². The summed E-state index contributed by atoms with van der Waals surface area (Å²) in [5.41, 5.74) is 1.79. The van der Waals surface area contributed by atoms with E-state index in [9.17, 15) is 4.79 Å². The highest BCUT2D eigenvalue weighted by atomic mass is 79.9. The molecule has 1 spiro atoms. The average molecular weight is 393 g/mol. The third-order valence-electron chi connectivity index (χ3n) is 5.75. The molecule has 5 heteroatoms. The van der Waals surface area contributed by atoms with Crippen molar-refractivity contribution in [3.63, 3.8) is 0 Å². The zero-order valence-electron chi connectivity index (χ0n) is 14.3. The smallest absolute Gasteiger partial charge is 0.254 e. The van der Waals surface area contributed by atoms with E-state index in [0.29, 0.717) is 6.04 Å². The molecule has 0 aliphatic carbocycles. The maximum Gasteiger partial charge on any atom is 0.254 e. The number of piperidine rings is 1. The summed E-state index contributed by atoms with van der Waals surface area (Å²) in [4.78, 5) is 17.2. The molecule has 1 aromatic rings. The van der Waals surface area contributed by atoms with E-state index in [0.717, 1.165) is 41.7 Å². The number of carbonyl (C=O) groups excluding carboxylic acids is 1. The Labute approximate surface area is 152 Å². The molecule has 0 bridgehead atoms. The largest absolute Gasteiger partial charge is 0.370 e. The summed E-state index contributed by atoms with van der Waals surface area (Å²) in [7, 11) is 0. The van der Waals surface area contributed by atoms with Crippen LogP contribution in [0.2, 0.25) is 0 Å². The Hall–Kier alpha value is -0.910. The number of halogens is 1. The fourth-order valence-electron chi connectivity index (χ4n) is 4.31. The first-order chi connectivity index (χ1) is 11.6. The monoisotopic (exact) mass is 392 g/mol. The second-order valence-corrected chi connectivity index (χ2v) is 8.43. The molecule has 4 nitrogen and oxygen atoms in total. The lowest BCUT2D eigenvalue weighted by Crippen LogP contribution is -2.63. The van der Waals surface area contributed by atoms with Crippen LogP contribution in [0.15, 0.2) is 22.7 Å². The van der Waals surface area contributed by atoms with Crippen LogP contribution in [-0.2, 0) is 4.74 Å². The van der Waals surface area contributed by atoms with Gasteiger partial charge in [-0.05, 0) is 63.0 Å². The third-order valence-corrected chi connectivity index (χ3v) is 6.64. The van der Waals surface area contributed by atoms with Crippen LogP contribution in [0.1, 0.15) is 41.6 Å². The van der Waals surface area contributed by atoms with Gasteiger partial charge in [0.1, 0.15) is 5.60 Å². The summed E-state index contributed by atoms with van der Waals surface area (Å²) in [5.74, 6) is 0.126. The fraction of sp³-hybridized carbons (Fsp3) is 0.632. The Bertz CT molecular complexity index is 636. The van der Waals surface area contributed by atoms with Gasteiger partial charge in [0.25, 0.3) is 5.91 Å². The van der Waals surface area contributed by atoms with E-state index in [1.807, 2.05) is 30.0 Å². The summed E-state index contributed by atoms with van der Waals surface area (Å²) < 4.78 is 7.20. The Morgan fingerprint density at radius 2 is 2.00 bits per heavy atom. The molecule has 24 heavy (non-hydrogen) atoms. The molecule has 1 unspecified atom stereocenters. The average Bonchev–Trinajstić information content (AvgIpc) is 3.02. The highest BCUT2D eigenvalue weighted by Gasteiger charge is 2.52. The number of aryl methyl sites for hydroxylation is 1. The van der Waals surface area contributed by atoms with Gasteiger partial charge in [0.15, 0.2) is 0 Å². The van der Waals surface area contributed by atoms with Crippen molar-refractivity contribution in [2.75, 3.05) is 32.8 Å². The molecule has 3 aliphatic heterocycles. The van der Waals surface area contributed by atoms with E-state index < -0.39 is 0 Å². The number of nitrogens with zero attached hydrogens (tertiary/aromatic N) is 2. The van der Waals surface area contributed by atoms with Crippen LogP contribution >= 0.6 is 15.9 Å². The first-order valence-electron chi connectivity index (χ1n) is 9.00. The van der Waals surface area contributed by atoms with Gasteiger partial charge in [-0.25, -0.2) is 0 Å². The molecule has 1 atom stereocenters. The first-order valence-corrected chi connectivity index (χ1v) is 9.79. The van der Waals surface area contributed by atoms with Crippen LogP contribution in [0.3, 0.4) is 0 Å². The number of benzene rings is 1. The molecular formula is C19H25BrN2O2. The summed E-state index contributed by atoms with van der Waals surface area (Å²) >= 11 is 3.49. The second-order valence-electron chi connectivity index (χ2n) is 7.57. The Morgan fingerprint density at radius 1 is 1.25 bits per heavy atom. The molecule has 0 radical (unpaired) electrons. The van der Waals surface area contributed by atoms with E-state index >= 15 is 0 Å². The van der Waals surface area contributed by atoms with Gasteiger partial charge in [-0.2, -0.15) is 0 Å². The van der Waals surface area contributed by atoms with Gasteiger partial charge < -0.3 is 9.64 Å². The summed E-state index contributed by atoms with van der Waals surface area (Å²) in [6.45, 7) is 6.76. The molecule has 1 amide bonds. The normalized spacial score (nSPS) is 26.6. The number of ether oxygens (including phenoxy) is 1. The van der Waals surface area contributed by atoms with Gasteiger partial charge in [-0.3, -0.25) is 9.69 Å². The zero-order valence-corrected chi connectivity index (χ0v) is 15.8. The molecular weight excluding hydrogens is 368 g/mol. The van der Waals surface area contributed by atoms with Crippen molar-refractivity contribution in [1.29, 1.82) is 0 Å². The maximum absolute atomic E-state index is 12.7. The van der Waals surface area contributed by atoms with Gasteiger partial charge in [0.05, 0.1) is 19.7 Å². The number of carbonyl (C=O) groups is 1. The highest BCUT2D eigenvalue weighted by molar-refractivity contribution is 9.10. The molecule has 0 N–H and O–H groups in total. The van der Waals surface area contributed by atoms with Crippen molar-refractivity contribution in [2.45, 2.75) is 44.2 Å². The van der Waals surface area contributed by atoms with Gasteiger partial charge in [-0.1, -0.05) is 22.4 Å². The lowest BCUT2D eigenvalue weighted by Gasteiger charge is -2.47. The lowest BCUT2D eigenvalue weighted by molar-refractivity contribution is -0.0950. The number of likely N-dealkylation sites (tertiary alicyclic amines) is 2. The van der Waals surface area contributed by atoms with Crippen molar-refractivity contribution in [1.82, 2.24) is 9.80 Å². The van der Waals surface area contributed by atoms with Gasteiger partial charge in [0, 0.05) is 16.1 Å². The van der Waals surface area contributed by atoms with E-state index in [2.05, 4.69) is 20.8 Å². The fourth-order valence-corrected chi connectivity index (χ4v) is 4.56. The van der Waals surface area contributed by atoms with Crippen molar-refractivity contribution >= 4 is 21.8 Å². The minimum atomic E-state index is -0.0812. The zero-order chi connectivity index (χ0) is 16.7. The van der Waals surface area contributed by atoms with Crippen molar-refractivity contribution in [3.8, 4) is 0 Å². The topological polar surface area (TPSA) is 32.8 Å². The first kappa shape index (κ1) is 16.6. The van der Waals surface area contributed by atoms with Crippen molar-refractivity contribution in [2.24, 2.45) is 0 Å². The molecule has 3 fully saturated rings. The number of hydrogen-bond donors (Lipinski definition) is 0.